The molecule has 1 aliphatic rings. The minimum absolute atomic E-state index is 0.0349. The van der Waals surface area contributed by atoms with Crippen LogP contribution in [0.5, 0.6) is 11.5 Å². The Balaban J connectivity index is 1.38. The molecule has 0 saturated carbocycles. The summed E-state index contributed by atoms with van der Waals surface area (Å²) in [5.74, 6) is 2.20. The summed E-state index contributed by atoms with van der Waals surface area (Å²) in [4.78, 5) is 13.8. The minimum atomic E-state index is -0.326. The van der Waals surface area contributed by atoms with Crippen LogP contribution >= 0.6 is 23.1 Å². The van der Waals surface area contributed by atoms with Gasteiger partial charge in [0.05, 0.1) is 18.3 Å². The van der Waals surface area contributed by atoms with E-state index in [1.165, 1.54) is 11.8 Å². The molecule has 1 amide bonds. The zero-order valence-corrected chi connectivity index (χ0v) is 19.6. The molecule has 2 aromatic carbocycles. The number of nitrogens with one attached hydrogen (secondary N) is 1. The number of hydrogen-bond acceptors (Lipinski definition) is 7. The Morgan fingerprint density at radius 2 is 1.97 bits per heavy atom. The topological polar surface area (TPSA) is 78.3 Å². The van der Waals surface area contributed by atoms with E-state index in [1.54, 1.807) is 11.3 Å². The first kappa shape index (κ1) is 21.5. The number of fused-ring (bicyclic) bond motifs is 1. The van der Waals surface area contributed by atoms with Gasteiger partial charge in [-0.2, -0.15) is 0 Å². The number of amides is 1. The zero-order chi connectivity index (χ0) is 22.6. The van der Waals surface area contributed by atoms with Gasteiger partial charge < -0.3 is 14.8 Å². The number of hydrogen-bond donors (Lipinski definition) is 1. The minimum Gasteiger partial charge on any atom is -0.454 e. The Morgan fingerprint density at radius 3 is 2.79 bits per heavy atom. The van der Waals surface area contributed by atoms with E-state index in [1.807, 2.05) is 77.5 Å². The number of thiophene rings is 1. The van der Waals surface area contributed by atoms with E-state index in [9.17, 15) is 4.79 Å². The number of nitrogens with zero attached hydrogens (tertiary/aromatic N) is 3. The lowest BCUT2D eigenvalue weighted by molar-refractivity contribution is -0.120. The molecule has 0 bridgehead atoms. The van der Waals surface area contributed by atoms with Crippen LogP contribution in [0.2, 0.25) is 0 Å². The van der Waals surface area contributed by atoms with Crippen molar-refractivity contribution in [2.75, 3.05) is 6.79 Å². The molecule has 0 spiro atoms. The highest BCUT2D eigenvalue weighted by Crippen LogP contribution is 2.34. The fourth-order valence-electron chi connectivity index (χ4n) is 3.48. The summed E-state index contributed by atoms with van der Waals surface area (Å²) in [6.07, 6.45) is 0. The molecule has 0 unspecified atom stereocenters. The van der Waals surface area contributed by atoms with Crippen molar-refractivity contribution in [3.63, 3.8) is 0 Å². The molecule has 0 radical (unpaired) electrons. The van der Waals surface area contributed by atoms with Crippen molar-refractivity contribution in [2.24, 2.45) is 0 Å². The van der Waals surface area contributed by atoms with Gasteiger partial charge in [0.2, 0.25) is 12.7 Å². The van der Waals surface area contributed by atoms with Crippen molar-refractivity contribution in [2.45, 2.75) is 30.4 Å². The fraction of sp³-hybridized carbons (Fsp3) is 0.208. The van der Waals surface area contributed by atoms with Crippen LogP contribution in [-0.2, 0) is 17.9 Å². The Bertz CT molecular complexity index is 1240. The van der Waals surface area contributed by atoms with Crippen LogP contribution in [0.4, 0.5) is 0 Å². The fourth-order valence-corrected chi connectivity index (χ4v) is 5.00. The molecule has 0 aliphatic carbocycles. The molecule has 33 heavy (non-hydrogen) atoms. The molecule has 0 fully saturated rings. The Labute approximate surface area is 199 Å². The lowest BCUT2D eigenvalue weighted by Gasteiger charge is -2.14. The van der Waals surface area contributed by atoms with Gasteiger partial charge in [-0.15, -0.1) is 21.5 Å². The molecule has 2 aromatic heterocycles. The van der Waals surface area contributed by atoms with Gasteiger partial charge in [0.15, 0.2) is 22.5 Å². The van der Waals surface area contributed by atoms with Crippen molar-refractivity contribution < 1.29 is 14.3 Å². The van der Waals surface area contributed by atoms with Crippen LogP contribution in [0, 0.1) is 0 Å². The number of carbonyl (C=O) groups excluding carboxylic acids is 1. The maximum atomic E-state index is 12.7. The van der Waals surface area contributed by atoms with Gasteiger partial charge in [-0.3, -0.25) is 9.36 Å². The van der Waals surface area contributed by atoms with Crippen LogP contribution in [-0.4, -0.2) is 32.7 Å². The number of benzene rings is 2. The first-order chi connectivity index (χ1) is 16.2. The van der Waals surface area contributed by atoms with E-state index < -0.39 is 0 Å². The van der Waals surface area contributed by atoms with E-state index in [0.717, 1.165) is 33.3 Å². The summed E-state index contributed by atoms with van der Waals surface area (Å²) in [6, 6.07) is 19.8. The Kier molecular flexibility index (Phi) is 6.32. The lowest BCUT2D eigenvalue weighted by atomic mass is 10.2. The summed E-state index contributed by atoms with van der Waals surface area (Å²) in [7, 11) is 0. The maximum absolute atomic E-state index is 12.7. The van der Waals surface area contributed by atoms with Gasteiger partial charge in [0, 0.05) is 10.4 Å². The molecule has 1 N–H and O–H groups in total. The van der Waals surface area contributed by atoms with Gasteiger partial charge in [-0.05, 0) is 36.1 Å². The molecule has 7 nitrogen and oxygen atoms in total. The highest BCUT2D eigenvalue weighted by Gasteiger charge is 2.22. The highest BCUT2D eigenvalue weighted by atomic mass is 32.2. The van der Waals surface area contributed by atoms with Gasteiger partial charge in [0.1, 0.15) is 0 Å². The number of carbonyl (C=O) groups is 1. The lowest BCUT2D eigenvalue weighted by Crippen LogP contribution is -2.30. The summed E-state index contributed by atoms with van der Waals surface area (Å²) < 4.78 is 13.0. The van der Waals surface area contributed by atoms with Crippen LogP contribution in [0.1, 0.15) is 17.4 Å². The summed E-state index contributed by atoms with van der Waals surface area (Å²) in [5, 5.41) is 14.3. The molecule has 9 heteroatoms. The van der Waals surface area contributed by atoms with Gasteiger partial charge >= 0.3 is 0 Å². The van der Waals surface area contributed by atoms with E-state index in [4.69, 9.17) is 9.47 Å². The molecule has 168 valence electrons. The number of ether oxygens (including phenoxy) is 2. The molecular formula is C24H22N4O3S2. The average molecular weight is 479 g/mol. The second-order valence-electron chi connectivity index (χ2n) is 7.50. The maximum Gasteiger partial charge on any atom is 0.233 e. The highest BCUT2D eigenvalue weighted by molar-refractivity contribution is 8.00. The standard InChI is InChI=1S/C24H22N4O3S2/c1-16(23(29)25-13-19-8-5-11-32-19)33-24-27-26-22(18-6-3-2-4-7-18)28(24)14-17-9-10-20-21(12-17)31-15-30-20/h2-12,16H,13-15H2,1H3,(H,25,29)/t16-/m1/s1. The van der Waals surface area contributed by atoms with E-state index >= 15 is 0 Å². The molecule has 1 aliphatic heterocycles. The van der Waals surface area contributed by atoms with Crippen LogP contribution < -0.4 is 14.8 Å². The van der Waals surface area contributed by atoms with E-state index in [0.29, 0.717) is 18.2 Å². The van der Waals surface area contributed by atoms with Gasteiger partial charge in [0.25, 0.3) is 0 Å². The second-order valence-corrected chi connectivity index (χ2v) is 9.84. The quantitative estimate of drug-likeness (QED) is 0.374. The third-order valence-corrected chi connectivity index (χ3v) is 7.15. The first-order valence-electron chi connectivity index (χ1n) is 10.5. The van der Waals surface area contributed by atoms with E-state index in [2.05, 4.69) is 15.5 Å². The molecule has 3 heterocycles. The Morgan fingerprint density at radius 1 is 1.12 bits per heavy atom. The van der Waals surface area contributed by atoms with Crippen LogP contribution in [0.3, 0.4) is 0 Å². The number of aromatic nitrogens is 3. The molecule has 5 rings (SSSR count). The monoisotopic (exact) mass is 478 g/mol. The predicted molar refractivity (Wildman–Crippen MR) is 129 cm³/mol. The molecular weight excluding hydrogens is 456 g/mol. The molecule has 0 saturated heterocycles. The number of rotatable bonds is 8. The van der Waals surface area contributed by atoms with Crippen molar-refractivity contribution in [3.05, 3.63) is 76.5 Å². The Hall–Kier alpha value is -3.30. The summed E-state index contributed by atoms with van der Waals surface area (Å²) >= 11 is 3.03. The van der Waals surface area contributed by atoms with Crippen molar-refractivity contribution >= 4 is 29.0 Å². The van der Waals surface area contributed by atoms with Crippen molar-refractivity contribution in [3.8, 4) is 22.9 Å². The number of thioether (sulfide) groups is 1. The SMILES string of the molecule is C[C@@H](Sc1nnc(-c2ccccc2)n1Cc1ccc2c(c1)OCO2)C(=O)NCc1cccs1. The van der Waals surface area contributed by atoms with Gasteiger partial charge in [-0.25, -0.2) is 0 Å². The van der Waals surface area contributed by atoms with Gasteiger partial charge in [-0.1, -0.05) is 54.2 Å². The molecule has 1 atom stereocenters. The third-order valence-electron chi connectivity index (χ3n) is 5.19. The normalized spacial score (nSPS) is 13.1. The van der Waals surface area contributed by atoms with E-state index in [-0.39, 0.29) is 18.0 Å². The molecule has 4 aromatic rings. The van der Waals surface area contributed by atoms with Crippen molar-refractivity contribution in [1.82, 2.24) is 20.1 Å². The summed E-state index contributed by atoms with van der Waals surface area (Å²) in [6.45, 7) is 3.19. The average Bonchev–Trinajstić information content (AvgIpc) is 3.60. The van der Waals surface area contributed by atoms with Crippen LogP contribution in [0.25, 0.3) is 11.4 Å². The van der Waals surface area contributed by atoms with Crippen LogP contribution in [0.15, 0.2) is 71.2 Å². The largest absolute Gasteiger partial charge is 0.454 e. The second kappa shape index (κ2) is 9.68. The zero-order valence-electron chi connectivity index (χ0n) is 17.9. The summed E-state index contributed by atoms with van der Waals surface area (Å²) in [5.41, 5.74) is 2.00. The predicted octanol–water partition coefficient (Wildman–Crippen LogP) is 4.58. The first-order valence-corrected chi connectivity index (χ1v) is 12.3. The van der Waals surface area contributed by atoms with Crippen molar-refractivity contribution in [1.29, 1.82) is 0 Å². The third kappa shape index (κ3) is 4.89. The smallest absolute Gasteiger partial charge is 0.233 e.